The fourth-order valence-electron chi connectivity index (χ4n) is 4.29. The molecule has 0 aliphatic rings. The number of para-hydroxylation sites is 1. The van der Waals surface area contributed by atoms with Gasteiger partial charge in [0.15, 0.2) is 5.82 Å². The molecule has 0 radical (unpaired) electrons. The molecule has 182 valence electrons. The number of aromatic nitrogens is 7. The summed E-state index contributed by atoms with van der Waals surface area (Å²) in [6.45, 7) is 0.285. The minimum atomic E-state index is -0.111. The highest BCUT2D eigenvalue weighted by molar-refractivity contribution is 5.98. The molecule has 0 spiro atoms. The summed E-state index contributed by atoms with van der Waals surface area (Å²) >= 11 is 0. The Kier molecular flexibility index (Phi) is 5.62. The van der Waals surface area contributed by atoms with Crippen molar-refractivity contribution in [1.82, 2.24) is 40.0 Å². The molecule has 0 aliphatic heterocycles. The molecule has 3 N–H and O–H groups in total. The summed E-state index contributed by atoms with van der Waals surface area (Å²) in [6.07, 6.45) is 8.66. The van der Waals surface area contributed by atoms with Crippen molar-refractivity contribution in [2.75, 3.05) is 26.0 Å². The number of hydrogen-bond acceptors (Lipinski definition) is 7. The number of rotatable bonds is 6. The zero-order chi connectivity index (χ0) is 25.4. The summed E-state index contributed by atoms with van der Waals surface area (Å²) in [4.78, 5) is 35.4. The summed E-state index contributed by atoms with van der Waals surface area (Å²) in [5, 5.41) is 11.3. The van der Waals surface area contributed by atoms with Gasteiger partial charge in [-0.25, -0.2) is 4.98 Å². The van der Waals surface area contributed by atoms with E-state index in [1.807, 2.05) is 62.8 Å². The quantitative estimate of drug-likeness (QED) is 0.321. The van der Waals surface area contributed by atoms with Crippen LogP contribution < -0.4 is 5.32 Å². The Balaban J connectivity index is 1.38. The lowest BCUT2D eigenvalue weighted by Gasteiger charge is -2.10. The number of fused-ring (bicyclic) bond motifs is 2. The maximum absolute atomic E-state index is 12.2. The highest BCUT2D eigenvalue weighted by Gasteiger charge is 2.16. The van der Waals surface area contributed by atoms with Crippen molar-refractivity contribution in [3.63, 3.8) is 0 Å². The highest BCUT2D eigenvalue weighted by atomic mass is 16.2. The molecule has 1 aromatic carbocycles. The van der Waals surface area contributed by atoms with Crippen LogP contribution in [0.2, 0.25) is 0 Å². The molecular formula is C27H23N9O. The van der Waals surface area contributed by atoms with Crippen LogP contribution in [0.5, 0.6) is 0 Å². The highest BCUT2D eigenvalue weighted by Crippen LogP contribution is 2.32. The fraction of sp³-hybridized carbons (Fsp3) is 0.111. The second kappa shape index (κ2) is 9.25. The third kappa shape index (κ3) is 4.41. The smallest absolute Gasteiger partial charge is 0.238 e. The summed E-state index contributed by atoms with van der Waals surface area (Å²) in [7, 11) is 3.69. The van der Waals surface area contributed by atoms with Crippen LogP contribution in [0.25, 0.3) is 55.8 Å². The first-order valence-corrected chi connectivity index (χ1v) is 11.7. The topological polar surface area (TPSA) is 128 Å². The number of hydrogen-bond donors (Lipinski definition) is 3. The summed E-state index contributed by atoms with van der Waals surface area (Å²) in [5.74, 6) is 0.539. The number of aromatic amines is 2. The SMILES string of the molecule is CN(C)CC(=O)Nc1cncc(-c2cc3c(-c4nc5c(-c6cccnc6)cccc5[nH]4)n[nH]c3cn2)c1. The maximum atomic E-state index is 12.2. The van der Waals surface area contributed by atoms with Crippen molar-refractivity contribution in [3.05, 3.63) is 73.4 Å². The van der Waals surface area contributed by atoms with Crippen molar-refractivity contribution >= 4 is 33.5 Å². The lowest BCUT2D eigenvalue weighted by Crippen LogP contribution is -2.27. The predicted molar refractivity (Wildman–Crippen MR) is 143 cm³/mol. The average Bonchev–Trinajstić information content (AvgIpc) is 3.52. The molecule has 6 rings (SSSR count). The molecule has 0 bridgehead atoms. The first kappa shape index (κ1) is 22.5. The van der Waals surface area contributed by atoms with E-state index in [0.717, 1.165) is 38.6 Å². The standard InChI is InChI=1S/C27H23N9O/c1-36(2)15-24(37)31-18-9-17(12-29-13-18)22-10-20-23(14-30-22)34-35-26(20)27-32-21-7-3-6-19(25(21)33-27)16-5-4-8-28-11-16/h3-14H,15H2,1-2H3,(H,31,37)(H,32,33)(H,34,35). The number of nitrogens with one attached hydrogen (secondary N) is 3. The molecular weight excluding hydrogens is 466 g/mol. The third-order valence-corrected chi connectivity index (χ3v) is 5.93. The van der Waals surface area contributed by atoms with E-state index >= 15 is 0 Å². The van der Waals surface area contributed by atoms with Crippen LogP contribution in [0.3, 0.4) is 0 Å². The molecule has 0 saturated heterocycles. The van der Waals surface area contributed by atoms with Gasteiger partial charge in [0.05, 0.1) is 46.9 Å². The van der Waals surface area contributed by atoms with Crippen molar-refractivity contribution < 1.29 is 4.79 Å². The summed E-state index contributed by atoms with van der Waals surface area (Å²) in [5.41, 5.74) is 7.32. The molecule has 0 aliphatic carbocycles. The van der Waals surface area contributed by atoms with Gasteiger partial charge < -0.3 is 15.2 Å². The van der Waals surface area contributed by atoms with Gasteiger partial charge in [-0.1, -0.05) is 18.2 Å². The van der Waals surface area contributed by atoms with E-state index in [-0.39, 0.29) is 12.5 Å². The predicted octanol–water partition coefficient (Wildman–Crippen LogP) is 4.13. The fourth-order valence-corrected chi connectivity index (χ4v) is 4.29. The number of benzene rings is 1. The van der Waals surface area contributed by atoms with Crippen LogP contribution in [0.1, 0.15) is 0 Å². The summed E-state index contributed by atoms with van der Waals surface area (Å²) in [6, 6.07) is 13.8. The molecule has 6 aromatic rings. The number of pyridine rings is 3. The summed E-state index contributed by atoms with van der Waals surface area (Å²) < 4.78 is 0. The second-order valence-corrected chi connectivity index (χ2v) is 8.96. The lowest BCUT2D eigenvalue weighted by molar-refractivity contribution is -0.116. The zero-order valence-electron chi connectivity index (χ0n) is 20.2. The van der Waals surface area contributed by atoms with Crippen LogP contribution in [0.15, 0.2) is 73.4 Å². The number of nitrogens with zero attached hydrogens (tertiary/aromatic N) is 6. The molecule has 10 heteroatoms. The number of amides is 1. The van der Waals surface area contributed by atoms with Gasteiger partial charge >= 0.3 is 0 Å². The van der Waals surface area contributed by atoms with Gasteiger partial charge in [-0.3, -0.25) is 24.8 Å². The molecule has 5 heterocycles. The Bertz CT molecular complexity index is 1740. The van der Waals surface area contributed by atoms with Crippen molar-refractivity contribution in [2.24, 2.45) is 0 Å². The van der Waals surface area contributed by atoms with Crippen molar-refractivity contribution in [2.45, 2.75) is 0 Å². The molecule has 0 fully saturated rings. The molecule has 5 aromatic heterocycles. The second-order valence-electron chi connectivity index (χ2n) is 8.96. The lowest BCUT2D eigenvalue weighted by atomic mass is 10.1. The van der Waals surface area contributed by atoms with Crippen LogP contribution in [-0.4, -0.2) is 66.6 Å². The van der Waals surface area contributed by atoms with E-state index in [1.165, 1.54) is 0 Å². The van der Waals surface area contributed by atoms with Gasteiger partial charge in [-0.15, -0.1) is 0 Å². The number of likely N-dealkylation sites (N-methyl/N-ethyl adjacent to an activating group) is 1. The minimum absolute atomic E-state index is 0.111. The third-order valence-electron chi connectivity index (χ3n) is 5.93. The Labute approximate surface area is 211 Å². The first-order chi connectivity index (χ1) is 18.0. The van der Waals surface area contributed by atoms with Crippen LogP contribution >= 0.6 is 0 Å². The minimum Gasteiger partial charge on any atom is -0.337 e. The van der Waals surface area contributed by atoms with Gasteiger partial charge in [0.25, 0.3) is 0 Å². The largest absolute Gasteiger partial charge is 0.337 e. The normalized spacial score (nSPS) is 11.4. The first-order valence-electron chi connectivity index (χ1n) is 11.7. The van der Waals surface area contributed by atoms with Crippen LogP contribution in [-0.2, 0) is 4.79 Å². The molecule has 1 amide bonds. The van der Waals surface area contributed by atoms with Crippen LogP contribution in [0.4, 0.5) is 5.69 Å². The van der Waals surface area contributed by atoms with Gasteiger partial charge in [0.2, 0.25) is 5.91 Å². The van der Waals surface area contributed by atoms with E-state index in [4.69, 9.17) is 4.98 Å². The van der Waals surface area contributed by atoms with E-state index in [0.29, 0.717) is 22.9 Å². The molecule has 0 saturated carbocycles. The Morgan fingerprint density at radius 2 is 1.86 bits per heavy atom. The van der Waals surface area contributed by atoms with E-state index < -0.39 is 0 Å². The Morgan fingerprint density at radius 1 is 0.973 bits per heavy atom. The van der Waals surface area contributed by atoms with E-state index in [1.54, 1.807) is 29.7 Å². The molecule has 10 nitrogen and oxygen atoms in total. The number of carbonyl (C=O) groups is 1. The number of imidazole rings is 1. The molecule has 37 heavy (non-hydrogen) atoms. The van der Waals surface area contributed by atoms with Crippen molar-refractivity contribution in [1.29, 1.82) is 0 Å². The molecule has 0 atom stereocenters. The molecule has 0 unspecified atom stereocenters. The van der Waals surface area contributed by atoms with Crippen molar-refractivity contribution in [3.8, 4) is 33.9 Å². The van der Waals surface area contributed by atoms with Gasteiger partial charge in [0.1, 0.15) is 5.69 Å². The van der Waals surface area contributed by atoms with Crippen LogP contribution in [0, 0.1) is 0 Å². The monoisotopic (exact) mass is 489 g/mol. The Hall–Kier alpha value is -4.96. The number of H-pyrrole nitrogens is 2. The zero-order valence-corrected chi connectivity index (χ0v) is 20.2. The average molecular weight is 490 g/mol. The number of anilines is 1. The van der Waals surface area contributed by atoms with E-state index in [2.05, 4.69) is 35.5 Å². The van der Waals surface area contributed by atoms with Gasteiger partial charge in [-0.2, -0.15) is 5.10 Å². The number of carbonyl (C=O) groups excluding carboxylic acids is 1. The maximum Gasteiger partial charge on any atom is 0.238 e. The van der Waals surface area contributed by atoms with Gasteiger partial charge in [0, 0.05) is 40.7 Å². The Morgan fingerprint density at radius 3 is 2.70 bits per heavy atom. The van der Waals surface area contributed by atoms with E-state index in [9.17, 15) is 4.79 Å². The van der Waals surface area contributed by atoms with Gasteiger partial charge in [-0.05, 0) is 38.4 Å².